The van der Waals surface area contributed by atoms with Gasteiger partial charge < -0.3 is 19.8 Å². The van der Waals surface area contributed by atoms with E-state index in [1.165, 1.54) is 12.1 Å². The maximum absolute atomic E-state index is 12.7. The quantitative estimate of drug-likeness (QED) is 0.779. The molecule has 2 aliphatic rings. The van der Waals surface area contributed by atoms with Crippen LogP contribution in [0.4, 0.5) is 0 Å². The van der Waals surface area contributed by atoms with Crippen molar-refractivity contribution in [2.45, 2.75) is 64.3 Å². The fourth-order valence-electron chi connectivity index (χ4n) is 3.96. The molecule has 2 heterocycles. The molecule has 2 fully saturated rings. The van der Waals surface area contributed by atoms with Gasteiger partial charge in [0.05, 0.1) is 22.8 Å². The van der Waals surface area contributed by atoms with Crippen LogP contribution in [0.25, 0.3) is 0 Å². The summed E-state index contributed by atoms with van der Waals surface area (Å²) in [4.78, 5) is 14.5. The van der Waals surface area contributed by atoms with Gasteiger partial charge in [-0.25, -0.2) is 0 Å². The van der Waals surface area contributed by atoms with E-state index in [1.807, 2.05) is 0 Å². The maximum Gasteiger partial charge on any atom is 0.253 e. The first kappa shape index (κ1) is 19.5. The molecule has 144 valence electrons. The predicted molar refractivity (Wildman–Crippen MR) is 101 cm³/mol. The Kier molecular flexibility index (Phi) is 5.26. The highest BCUT2D eigenvalue weighted by Gasteiger charge is 2.46. The van der Waals surface area contributed by atoms with E-state index in [4.69, 9.17) is 16.3 Å². The number of likely N-dealkylation sites (tertiary alicyclic amines) is 1. The highest BCUT2D eigenvalue weighted by molar-refractivity contribution is 6.32. The van der Waals surface area contributed by atoms with Gasteiger partial charge in [-0.2, -0.15) is 0 Å². The number of rotatable bonds is 1. The second-order valence-electron chi connectivity index (χ2n) is 8.71. The third-order valence-corrected chi connectivity index (χ3v) is 5.93. The molecule has 1 aromatic rings. The zero-order valence-electron chi connectivity index (χ0n) is 15.7. The van der Waals surface area contributed by atoms with Crippen LogP contribution in [0.2, 0.25) is 5.02 Å². The van der Waals surface area contributed by atoms with Crippen LogP contribution in [0.5, 0.6) is 5.75 Å². The Bertz CT molecular complexity index is 677. The molecule has 2 saturated heterocycles. The van der Waals surface area contributed by atoms with Crippen molar-refractivity contribution in [1.29, 1.82) is 0 Å². The number of halogens is 1. The summed E-state index contributed by atoms with van der Waals surface area (Å²) in [7, 11) is 0. The molecule has 1 amide bonds. The van der Waals surface area contributed by atoms with Crippen LogP contribution in [0, 0.1) is 5.41 Å². The van der Waals surface area contributed by atoms with Crippen LogP contribution in [0.3, 0.4) is 0 Å². The molecule has 0 bridgehead atoms. The third-order valence-electron chi connectivity index (χ3n) is 5.61. The van der Waals surface area contributed by atoms with Crippen LogP contribution in [-0.2, 0) is 4.74 Å². The molecule has 0 aromatic heterocycles. The Morgan fingerprint density at radius 3 is 2.54 bits per heavy atom. The summed E-state index contributed by atoms with van der Waals surface area (Å²) in [6.07, 6.45) is 2.37. The first-order valence-corrected chi connectivity index (χ1v) is 9.61. The molecule has 2 atom stereocenters. The average Bonchev–Trinajstić information content (AvgIpc) is 2.56. The number of ether oxygens (including phenoxy) is 1. The molecule has 26 heavy (non-hydrogen) atoms. The van der Waals surface area contributed by atoms with E-state index in [0.717, 1.165) is 0 Å². The highest BCUT2D eigenvalue weighted by Crippen LogP contribution is 2.42. The van der Waals surface area contributed by atoms with Gasteiger partial charge >= 0.3 is 0 Å². The molecular formula is C20H28ClNO4. The number of nitrogens with zero attached hydrogens (tertiary/aromatic N) is 1. The minimum absolute atomic E-state index is 0.0155. The van der Waals surface area contributed by atoms with Crippen molar-refractivity contribution in [2.24, 2.45) is 5.41 Å². The number of hydrogen-bond acceptors (Lipinski definition) is 4. The average molecular weight is 382 g/mol. The predicted octanol–water partition coefficient (Wildman–Crippen LogP) is 3.61. The van der Waals surface area contributed by atoms with E-state index in [-0.39, 0.29) is 39.9 Å². The lowest BCUT2D eigenvalue weighted by molar-refractivity contribution is -0.205. The number of piperidine rings is 1. The fourth-order valence-corrected chi connectivity index (χ4v) is 4.07. The summed E-state index contributed by atoms with van der Waals surface area (Å²) in [5.74, 6) is -0.201. The van der Waals surface area contributed by atoms with Crippen molar-refractivity contribution in [3.63, 3.8) is 0 Å². The van der Waals surface area contributed by atoms with Crippen LogP contribution >= 0.6 is 11.6 Å². The summed E-state index contributed by atoms with van der Waals surface area (Å²) in [6, 6.07) is 4.57. The first-order valence-electron chi connectivity index (χ1n) is 9.23. The molecule has 1 spiro atoms. The van der Waals surface area contributed by atoms with Crippen molar-refractivity contribution in [2.75, 3.05) is 13.1 Å². The summed E-state index contributed by atoms with van der Waals surface area (Å²) < 4.78 is 6.46. The van der Waals surface area contributed by atoms with Crippen molar-refractivity contribution in [3.8, 4) is 5.75 Å². The van der Waals surface area contributed by atoms with Crippen LogP contribution in [0.15, 0.2) is 18.2 Å². The lowest BCUT2D eigenvalue weighted by Crippen LogP contribution is -2.55. The second kappa shape index (κ2) is 7.02. The molecule has 1 aromatic carbocycles. The molecule has 6 heteroatoms. The summed E-state index contributed by atoms with van der Waals surface area (Å²) in [6.45, 7) is 7.55. The third kappa shape index (κ3) is 4.00. The van der Waals surface area contributed by atoms with Crippen LogP contribution in [-0.4, -0.2) is 51.9 Å². The number of phenols is 1. The van der Waals surface area contributed by atoms with Gasteiger partial charge in [0.2, 0.25) is 0 Å². The molecule has 0 aliphatic carbocycles. The number of aliphatic hydroxyl groups excluding tert-OH is 1. The van der Waals surface area contributed by atoms with Gasteiger partial charge in [0.1, 0.15) is 5.75 Å². The number of carbonyl (C=O) groups excluding carboxylic acids is 1. The molecule has 0 unspecified atom stereocenters. The van der Waals surface area contributed by atoms with E-state index >= 15 is 0 Å². The zero-order chi connectivity index (χ0) is 19.1. The molecule has 0 radical (unpaired) electrons. The normalized spacial score (nSPS) is 26.1. The number of phenolic OH excluding ortho intramolecular Hbond substituents is 1. The summed E-state index contributed by atoms with van der Waals surface area (Å²) in [5.41, 5.74) is 0.0523. The van der Waals surface area contributed by atoms with Gasteiger partial charge in [-0.15, -0.1) is 0 Å². The van der Waals surface area contributed by atoms with Gasteiger partial charge in [0.25, 0.3) is 5.91 Å². The standard InChI is InChI=1S/C20H28ClNO4/c1-19(2,3)17-11-14(23)12-20(26-17)6-8-22(9-7-20)18(25)13-4-5-15(21)16(24)10-13/h4-5,10,14,17,23-24H,6-9,11-12H2,1-3H3/t14-,17-/m1/s1. The van der Waals surface area contributed by atoms with Crippen LogP contribution in [0.1, 0.15) is 56.8 Å². The van der Waals surface area contributed by atoms with Gasteiger partial charge in [0.15, 0.2) is 0 Å². The first-order chi connectivity index (χ1) is 12.1. The minimum Gasteiger partial charge on any atom is -0.506 e. The monoisotopic (exact) mass is 381 g/mol. The number of carbonyl (C=O) groups is 1. The molecular weight excluding hydrogens is 354 g/mol. The zero-order valence-corrected chi connectivity index (χ0v) is 16.4. The number of aromatic hydroxyl groups is 1. The molecule has 3 rings (SSSR count). The molecule has 2 N–H and O–H groups in total. The van der Waals surface area contributed by atoms with Gasteiger partial charge in [-0.05, 0) is 36.5 Å². The van der Waals surface area contributed by atoms with Crippen molar-refractivity contribution in [1.82, 2.24) is 4.90 Å². The molecule has 2 aliphatic heterocycles. The van der Waals surface area contributed by atoms with Crippen molar-refractivity contribution >= 4 is 17.5 Å². The Morgan fingerprint density at radius 1 is 1.31 bits per heavy atom. The van der Waals surface area contributed by atoms with Crippen LogP contribution < -0.4 is 0 Å². The van der Waals surface area contributed by atoms with E-state index < -0.39 is 0 Å². The van der Waals surface area contributed by atoms with Crippen molar-refractivity contribution < 1.29 is 19.7 Å². The largest absolute Gasteiger partial charge is 0.506 e. The van der Waals surface area contributed by atoms with E-state index in [2.05, 4.69) is 20.8 Å². The Labute approximate surface area is 159 Å². The van der Waals surface area contributed by atoms with Crippen molar-refractivity contribution in [3.05, 3.63) is 28.8 Å². The lowest BCUT2D eigenvalue weighted by atomic mass is 9.76. The smallest absolute Gasteiger partial charge is 0.253 e. The van der Waals surface area contributed by atoms with E-state index in [0.29, 0.717) is 44.3 Å². The summed E-state index contributed by atoms with van der Waals surface area (Å²) >= 11 is 5.82. The number of benzene rings is 1. The topological polar surface area (TPSA) is 70.0 Å². The highest BCUT2D eigenvalue weighted by atomic mass is 35.5. The number of amides is 1. The Balaban J connectivity index is 1.68. The fraction of sp³-hybridized carbons (Fsp3) is 0.650. The van der Waals surface area contributed by atoms with E-state index in [1.54, 1.807) is 11.0 Å². The molecule has 5 nitrogen and oxygen atoms in total. The SMILES string of the molecule is CC(C)(C)[C@H]1C[C@@H](O)CC2(CCN(C(=O)c3ccc(Cl)c(O)c3)CC2)O1. The number of aliphatic hydroxyl groups is 1. The molecule has 0 saturated carbocycles. The van der Waals surface area contributed by atoms with Gasteiger partial charge in [0, 0.05) is 31.5 Å². The maximum atomic E-state index is 12.7. The second-order valence-corrected chi connectivity index (χ2v) is 9.11. The van der Waals surface area contributed by atoms with E-state index in [9.17, 15) is 15.0 Å². The van der Waals surface area contributed by atoms with Gasteiger partial charge in [-0.3, -0.25) is 4.79 Å². The lowest BCUT2D eigenvalue weighted by Gasteiger charge is -2.50. The summed E-state index contributed by atoms with van der Waals surface area (Å²) in [5, 5.41) is 20.3. The minimum atomic E-state index is -0.358. The Hall–Kier alpha value is -1.30. The van der Waals surface area contributed by atoms with Gasteiger partial charge in [-0.1, -0.05) is 32.4 Å². The number of hydrogen-bond donors (Lipinski definition) is 2. The Morgan fingerprint density at radius 2 is 1.96 bits per heavy atom.